The summed E-state index contributed by atoms with van der Waals surface area (Å²) in [5.41, 5.74) is 0.212. The molecule has 0 radical (unpaired) electrons. The highest BCUT2D eigenvalue weighted by atomic mass is 16.6. The minimum Gasteiger partial charge on any atom is -0.466 e. The summed E-state index contributed by atoms with van der Waals surface area (Å²) in [7, 11) is 1.34. The summed E-state index contributed by atoms with van der Waals surface area (Å²) in [6.07, 6.45) is 13.1. The van der Waals surface area contributed by atoms with Gasteiger partial charge in [0.15, 0.2) is 0 Å². The van der Waals surface area contributed by atoms with Crippen molar-refractivity contribution in [3.63, 3.8) is 0 Å². The van der Waals surface area contributed by atoms with Crippen molar-refractivity contribution in [3.8, 4) is 0 Å². The zero-order valence-electron chi connectivity index (χ0n) is 11.5. The van der Waals surface area contributed by atoms with Crippen molar-refractivity contribution in [1.82, 2.24) is 0 Å². The molecule has 0 N–H and O–H groups in total. The number of allylic oxidation sites excluding steroid dienone is 5. The Hall–Kier alpha value is -1.91. The van der Waals surface area contributed by atoms with Gasteiger partial charge in [0, 0.05) is 13.0 Å². The summed E-state index contributed by atoms with van der Waals surface area (Å²) in [5.74, 6) is -0.346. The quantitative estimate of drug-likeness (QED) is 0.160. The second-order valence-electron chi connectivity index (χ2n) is 4.02. The van der Waals surface area contributed by atoms with E-state index in [9.17, 15) is 14.9 Å². The first-order valence-corrected chi connectivity index (χ1v) is 6.28. The number of esters is 1. The molecule has 0 unspecified atom stereocenters. The average Bonchev–Trinajstić information content (AvgIpc) is 2.39. The van der Waals surface area contributed by atoms with Crippen molar-refractivity contribution in [1.29, 1.82) is 0 Å². The highest BCUT2D eigenvalue weighted by Crippen LogP contribution is 2.05. The van der Waals surface area contributed by atoms with E-state index in [1.165, 1.54) is 20.1 Å². The van der Waals surface area contributed by atoms with Gasteiger partial charge in [-0.15, -0.1) is 0 Å². The molecule has 19 heavy (non-hydrogen) atoms. The topological polar surface area (TPSA) is 69.4 Å². The number of nitro groups is 1. The zero-order chi connectivity index (χ0) is 14.5. The van der Waals surface area contributed by atoms with Crippen molar-refractivity contribution < 1.29 is 14.5 Å². The fourth-order valence-corrected chi connectivity index (χ4v) is 1.32. The highest BCUT2D eigenvalue weighted by Gasteiger charge is 1.98. The van der Waals surface area contributed by atoms with Crippen molar-refractivity contribution in [2.75, 3.05) is 7.11 Å². The minimum atomic E-state index is -0.368. The summed E-state index contributed by atoms with van der Waals surface area (Å²) < 4.78 is 4.46. The van der Waals surface area contributed by atoms with Gasteiger partial charge in [0.1, 0.15) is 0 Å². The van der Waals surface area contributed by atoms with Gasteiger partial charge in [-0.3, -0.25) is 10.1 Å². The van der Waals surface area contributed by atoms with Gasteiger partial charge in [0.2, 0.25) is 5.70 Å². The summed E-state index contributed by atoms with van der Waals surface area (Å²) in [5, 5.41) is 10.3. The van der Waals surface area contributed by atoms with Crippen LogP contribution in [0, 0.1) is 10.1 Å². The van der Waals surface area contributed by atoms with Crippen LogP contribution >= 0.6 is 0 Å². The second-order valence-corrected chi connectivity index (χ2v) is 4.02. The molecule has 0 fully saturated rings. The third-order valence-electron chi connectivity index (χ3n) is 2.45. The van der Waals surface area contributed by atoms with Crippen LogP contribution in [0.3, 0.4) is 0 Å². The van der Waals surface area contributed by atoms with E-state index in [0.717, 1.165) is 25.7 Å². The number of rotatable bonds is 9. The van der Waals surface area contributed by atoms with Crippen LogP contribution in [0.4, 0.5) is 0 Å². The van der Waals surface area contributed by atoms with Gasteiger partial charge in [0.25, 0.3) is 0 Å². The number of carbonyl (C=O) groups is 1. The Kier molecular flexibility index (Phi) is 10.1. The molecule has 0 aliphatic heterocycles. The van der Waals surface area contributed by atoms with Crippen molar-refractivity contribution >= 4 is 5.97 Å². The monoisotopic (exact) mass is 267 g/mol. The van der Waals surface area contributed by atoms with Crippen LogP contribution in [0.15, 0.2) is 36.1 Å². The molecule has 106 valence electrons. The third kappa shape index (κ3) is 10.9. The van der Waals surface area contributed by atoms with Gasteiger partial charge in [-0.25, -0.2) is 4.79 Å². The van der Waals surface area contributed by atoms with Gasteiger partial charge >= 0.3 is 5.97 Å². The molecule has 0 atom stereocenters. The van der Waals surface area contributed by atoms with Crippen LogP contribution < -0.4 is 0 Å². The lowest BCUT2D eigenvalue weighted by Gasteiger charge is -1.93. The average molecular weight is 267 g/mol. The van der Waals surface area contributed by atoms with E-state index < -0.39 is 0 Å². The van der Waals surface area contributed by atoms with Crippen LogP contribution in [-0.4, -0.2) is 18.0 Å². The van der Waals surface area contributed by atoms with E-state index in [1.54, 1.807) is 12.2 Å². The minimum absolute atomic E-state index is 0.212. The number of nitrogens with zero attached hydrogens (tertiary/aromatic N) is 1. The number of unbranched alkanes of at least 4 members (excludes halogenated alkanes) is 3. The Bertz CT molecular complexity index is 370. The number of ether oxygens (including phenoxy) is 1. The first-order valence-electron chi connectivity index (χ1n) is 6.28. The molecule has 0 aliphatic rings. The summed E-state index contributed by atoms with van der Waals surface area (Å²) >= 11 is 0. The highest BCUT2D eigenvalue weighted by molar-refractivity contribution is 5.81. The van der Waals surface area contributed by atoms with Gasteiger partial charge in [-0.1, -0.05) is 18.2 Å². The van der Waals surface area contributed by atoms with Crippen LogP contribution in [0.1, 0.15) is 39.0 Å². The molecule has 5 nitrogen and oxygen atoms in total. The number of hydrogen-bond acceptors (Lipinski definition) is 4. The van der Waals surface area contributed by atoms with Crippen molar-refractivity contribution in [2.45, 2.75) is 39.0 Å². The molecule has 0 aliphatic carbocycles. The summed E-state index contributed by atoms with van der Waals surface area (Å²) in [6, 6.07) is 0. The maximum atomic E-state index is 10.7. The maximum Gasteiger partial charge on any atom is 0.330 e. The van der Waals surface area contributed by atoms with E-state index in [2.05, 4.69) is 4.74 Å². The molecule has 0 saturated heterocycles. The predicted octanol–water partition coefficient (Wildman–Crippen LogP) is 3.40. The van der Waals surface area contributed by atoms with E-state index >= 15 is 0 Å². The molecule has 0 spiro atoms. The summed E-state index contributed by atoms with van der Waals surface area (Å²) in [4.78, 5) is 20.7. The standard InChI is InChI=1S/C14H21NO4/c1-13(15(17)18)11-9-7-5-3-4-6-8-10-12-14(16)19-2/h4,6,10-12H,3,5,7-9H2,1-2H3/b6-4-,12-10+,13-11+. The molecule has 0 heterocycles. The van der Waals surface area contributed by atoms with Gasteiger partial charge in [-0.2, -0.15) is 0 Å². The predicted molar refractivity (Wildman–Crippen MR) is 74.1 cm³/mol. The Morgan fingerprint density at radius 1 is 1.21 bits per heavy atom. The molecule has 0 bridgehead atoms. The largest absolute Gasteiger partial charge is 0.466 e. The Morgan fingerprint density at radius 3 is 2.53 bits per heavy atom. The van der Waals surface area contributed by atoms with Crippen LogP contribution in [0.2, 0.25) is 0 Å². The lowest BCUT2D eigenvalue weighted by atomic mass is 10.1. The second kappa shape index (κ2) is 11.2. The first kappa shape index (κ1) is 17.1. The first-order chi connectivity index (χ1) is 9.07. The molecule has 0 aromatic carbocycles. The smallest absolute Gasteiger partial charge is 0.330 e. The van der Waals surface area contributed by atoms with Crippen molar-refractivity contribution in [2.24, 2.45) is 0 Å². The van der Waals surface area contributed by atoms with Gasteiger partial charge in [-0.05, 0) is 38.2 Å². The third-order valence-corrected chi connectivity index (χ3v) is 2.45. The lowest BCUT2D eigenvalue weighted by molar-refractivity contribution is -0.424. The number of methoxy groups -OCH3 is 1. The number of carbonyl (C=O) groups excluding carboxylic acids is 1. The molecular weight excluding hydrogens is 246 g/mol. The van der Waals surface area contributed by atoms with E-state index in [1.807, 2.05) is 12.2 Å². The fourth-order valence-electron chi connectivity index (χ4n) is 1.32. The zero-order valence-corrected chi connectivity index (χ0v) is 11.5. The molecular formula is C14H21NO4. The Labute approximate surface area is 113 Å². The Balaban J connectivity index is 3.55. The lowest BCUT2D eigenvalue weighted by Crippen LogP contribution is -1.93. The Morgan fingerprint density at radius 2 is 1.89 bits per heavy atom. The van der Waals surface area contributed by atoms with Crippen LogP contribution in [0.25, 0.3) is 0 Å². The molecule has 0 aromatic heterocycles. The van der Waals surface area contributed by atoms with Crippen LogP contribution in [0.5, 0.6) is 0 Å². The normalized spacial score (nSPS) is 12.2. The SMILES string of the molecule is COC(=O)/C=C/C/C=C\CCCC/C=C(\C)[N+](=O)[O-]. The summed E-state index contributed by atoms with van der Waals surface area (Å²) in [6.45, 7) is 1.51. The number of hydrogen-bond donors (Lipinski definition) is 0. The maximum absolute atomic E-state index is 10.7. The molecule has 0 amide bonds. The van der Waals surface area contributed by atoms with E-state index in [4.69, 9.17) is 0 Å². The fraction of sp³-hybridized carbons (Fsp3) is 0.500. The van der Waals surface area contributed by atoms with E-state index in [-0.39, 0.29) is 16.6 Å². The molecule has 0 aromatic rings. The molecule has 5 heteroatoms. The van der Waals surface area contributed by atoms with Gasteiger partial charge < -0.3 is 4.74 Å². The molecule has 0 rings (SSSR count). The van der Waals surface area contributed by atoms with E-state index in [0.29, 0.717) is 6.42 Å². The molecule has 0 saturated carbocycles. The van der Waals surface area contributed by atoms with Crippen LogP contribution in [-0.2, 0) is 9.53 Å². The van der Waals surface area contributed by atoms with Gasteiger partial charge in [0.05, 0.1) is 12.0 Å². The van der Waals surface area contributed by atoms with Crippen molar-refractivity contribution in [3.05, 3.63) is 46.2 Å².